The van der Waals surface area contributed by atoms with E-state index in [9.17, 15) is 5.11 Å². The number of thiophene rings is 1. The monoisotopic (exact) mass is 244 g/mol. The predicted octanol–water partition coefficient (Wildman–Crippen LogP) is 3.30. The van der Waals surface area contributed by atoms with Gasteiger partial charge in [0.15, 0.2) is 0 Å². The molecule has 0 saturated carbocycles. The maximum absolute atomic E-state index is 9.52. The first-order valence-corrected chi connectivity index (χ1v) is 6.05. The maximum atomic E-state index is 9.52. The van der Waals surface area contributed by atoms with Gasteiger partial charge in [0.05, 0.1) is 16.8 Å². The molecular formula is C13H12N2OS. The Morgan fingerprint density at radius 1 is 1.24 bits per heavy atom. The van der Waals surface area contributed by atoms with Crippen LogP contribution in [0.4, 0.5) is 0 Å². The summed E-state index contributed by atoms with van der Waals surface area (Å²) in [6.07, 6.45) is 1.55. The van der Waals surface area contributed by atoms with Gasteiger partial charge < -0.3 is 5.11 Å². The fourth-order valence-electron chi connectivity index (χ4n) is 1.31. The van der Waals surface area contributed by atoms with Gasteiger partial charge in [-0.25, -0.2) is 0 Å². The van der Waals surface area contributed by atoms with Gasteiger partial charge in [0.2, 0.25) is 0 Å². The Morgan fingerprint density at radius 3 is 2.76 bits per heavy atom. The number of hydrogen-bond acceptors (Lipinski definition) is 4. The van der Waals surface area contributed by atoms with Gasteiger partial charge in [0.25, 0.3) is 0 Å². The lowest BCUT2D eigenvalue weighted by Gasteiger charge is -1.95. The molecule has 0 unspecified atom stereocenters. The number of phenolic OH excluding ortho intramolecular Hbond substituents is 1. The molecule has 0 aliphatic carbocycles. The van der Waals surface area contributed by atoms with E-state index < -0.39 is 0 Å². The molecule has 1 heterocycles. The molecule has 1 aromatic heterocycles. The Hall–Kier alpha value is -1.94. The first-order valence-electron chi connectivity index (χ1n) is 5.17. The molecule has 1 aromatic carbocycles. The SMILES string of the molecule is C/C(=N\N=C\c1ccccc1O)c1cccs1. The zero-order valence-corrected chi connectivity index (χ0v) is 10.2. The van der Waals surface area contributed by atoms with Crippen molar-refractivity contribution in [3.8, 4) is 5.75 Å². The van der Waals surface area contributed by atoms with Gasteiger partial charge in [-0.15, -0.1) is 11.3 Å². The van der Waals surface area contributed by atoms with Gasteiger partial charge in [-0.3, -0.25) is 0 Å². The first kappa shape index (κ1) is 11.5. The Bertz CT molecular complexity index is 544. The molecule has 1 N–H and O–H groups in total. The summed E-state index contributed by atoms with van der Waals surface area (Å²) in [5.41, 5.74) is 1.53. The zero-order chi connectivity index (χ0) is 12.1. The van der Waals surface area contributed by atoms with E-state index in [0.29, 0.717) is 5.56 Å². The molecule has 2 rings (SSSR count). The molecule has 0 bridgehead atoms. The summed E-state index contributed by atoms with van der Waals surface area (Å²) in [7, 11) is 0. The molecule has 0 spiro atoms. The number of phenols is 1. The van der Waals surface area contributed by atoms with Crippen LogP contribution in [0.2, 0.25) is 0 Å². The minimum Gasteiger partial charge on any atom is -0.507 e. The highest BCUT2D eigenvalue weighted by atomic mass is 32.1. The second-order valence-corrected chi connectivity index (χ2v) is 4.41. The number of nitrogens with zero attached hydrogens (tertiary/aromatic N) is 2. The fraction of sp³-hybridized carbons (Fsp3) is 0.0769. The third kappa shape index (κ3) is 3.01. The highest BCUT2D eigenvalue weighted by Crippen LogP contribution is 2.13. The van der Waals surface area contributed by atoms with Crippen molar-refractivity contribution in [3.63, 3.8) is 0 Å². The lowest BCUT2D eigenvalue weighted by molar-refractivity contribution is 0.474. The maximum Gasteiger partial charge on any atom is 0.124 e. The number of rotatable bonds is 3. The Labute approximate surface area is 104 Å². The first-order chi connectivity index (χ1) is 8.27. The van der Waals surface area contributed by atoms with Gasteiger partial charge in [0, 0.05) is 5.56 Å². The van der Waals surface area contributed by atoms with Crippen LogP contribution in [0.15, 0.2) is 52.0 Å². The molecule has 0 radical (unpaired) electrons. The lowest BCUT2D eigenvalue weighted by Crippen LogP contribution is -1.88. The molecule has 0 saturated heterocycles. The molecular weight excluding hydrogens is 232 g/mol. The summed E-state index contributed by atoms with van der Waals surface area (Å²) in [4.78, 5) is 1.10. The van der Waals surface area contributed by atoms with Gasteiger partial charge in [-0.2, -0.15) is 10.2 Å². The van der Waals surface area contributed by atoms with Crippen LogP contribution in [0.25, 0.3) is 0 Å². The van der Waals surface area contributed by atoms with Gasteiger partial charge in [-0.1, -0.05) is 18.2 Å². The summed E-state index contributed by atoms with van der Waals surface area (Å²) in [5.74, 6) is 0.209. The van der Waals surface area contributed by atoms with Crippen molar-refractivity contribution in [2.24, 2.45) is 10.2 Å². The van der Waals surface area contributed by atoms with Gasteiger partial charge >= 0.3 is 0 Å². The number of aromatic hydroxyl groups is 1. The zero-order valence-electron chi connectivity index (χ0n) is 9.37. The summed E-state index contributed by atoms with van der Waals surface area (Å²) < 4.78 is 0. The molecule has 0 amide bonds. The summed E-state index contributed by atoms with van der Waals surface area (Å²) in [6, 6.07) is 11.0. The largest absolute Gasteiger partial charge is 0.507 e. The van der Waals surface area contributed by atoms with Crippen LogP contribution in [-0.4, -0.2) is 17.0 Å². The Kier molecular flexibility index (Phi) is 3.67. The van der Waals surface area contributed by atoms with E-state index in [1.165, 1.54) is 0 Å². The molecule has 0 aliphatic rings. The van der Waals surface area contributed by atoms with Crippen LogP contribution >= 0.6 is 11.3 Å². The predicted molar refractivity (Wildman–Crippen MR) is 72.2 cm³/mol. The number of hydrogen-bond donors (Lipinski definition) is 1. The van der Waals surface area contributed by atoms with Gasteiger partial charge in [-0.05, 0) is 30.5 Å². The third-order valence-corrected chi connectivity index (χ3v) is 3.20. The van der Waals surface area contributed by atoms with Crippen LogP contribution in [-0.2, 0) is 0 Å². The minimum absolute atomic E-state index is 0.209. The summed E-state index contributed by atoms with van der Waals surface area (Å²) in [5, 5.41) is 19.6. The van der Waals surface area contributed by atoms with Crippen LogP contribution in [0.1, 0.15) is 17.4 Å². The van der Waals surface area contributed by atoms with Crippen molar-refractivity contribution in [2.75, 3.05) is 0 Å². The molecule has 86 valence electrons. The number of benzene rings is 1. The Balaban J connectivity index is 2.13. The standard InChI is InChI=1S/C13H12N2OS/c1-10(13-7-4-8-17-13)15-14-9-11-5-2-3-6-12(11)16/h2-9,16H,1H3/b14-9+,15-10+. The van der Waals surface area contributed by atoms with Gasteiger partial charge in [0.1, 0.15) is 5.75 Å². The van der Waals surface area contributed by atoms with E-state index in [2.05, 4.69) is 10.2 Å². The van der Waals surface area contributed by atoms with Crippen molar-refractivity contribution in [3.05, 3.63) is 52.2 Å². The smallest absolute Gasteiger partial charge is 0.124 e. The van der Waals surface area contributed by atoms with E-state index >= 15 is 0 Å². The van der Waals surface area contributed by atoms with E-state index in [1.54, 1.807) is 35.8 Å². The normalized spacial score (nSPS) is 12.2. The Morgan fingerprint density at radius 2 is 2.06 bits per heavy atom. The van der Waals surface area contributed by atoms with Crippen LogP contribution in [0.5, 0.6) is 5.75 Å². The second-order valence-electron chi connectivity index (χ2n) is 3.47. The second kappa shape index (κ2) is 5.41. The van der Waals surface area contributed by atoms with Crippen molar-refractivity contribution in [1.29, 1.82) is 0 Å². The molecule has 0 fully saturated rings. The minimum atomic E-state index is 0.209. The third-order valence-electron chi connectivity index (χ3n) is 2.22. The van der Waals surface area contributed by atoms with E-state index in [4.69, 9.17) is 0 Å². The van der Waals surface area contributed by atoms with Crippen molar-refractivity contribution < 1.29 is 5.11 Å². The van der Waals surface area contributed by atoms with E-state index in [1.807, 2.05) is 30.5 Å². The van der Waals surface area contributed by atoms with Crippen molar-refractivity contribution >= 4 is 23.3 Å². The molecule has 0 aliphatic heterocycles. The van der Waals surface area contributed by atoms with Crippen LogP contribution in [0.3, 0.4) is 0 Å². The summed E-state index contributed by atoms with van der Waals surface area (Å²) in [6.45, 7) is 1.91. The van der Waals surface area contributed by atoms with E-state index in [-0.39, 0.29) is 5.75 Å². The average molecular weight is 244 g/mol. The summed E-state index contributed by atoms with van der Waals surface area (Å²) >= 11 is 1.63. The van der Waals surface area contributed by atoms with E-state index in [0.717, 1.165) is 10.6 Å². The molecule has 2 aromatic rings. The topological polar surface area (TPSA) is 45.0 Å². The highest BCUT2D eigenvalue weighted by molar-refractivity contribution is 7.12. The van der Waals surface area contributed by atoms with Crippen LogP contribution in [0, 0.1) is 0 Å². The van der Waals surface area contributed by atoms with Crippen molar-refractivity contribution in [1.82, 2.24) is 0 Å². The highest BCUT2D eigenvalue weighted by Gasteiger charge is 1.97. The molecule has 3 nitrogen and oxygen atoms in total. The molecule has 17 heavy (non-hydrogen) atoms. The quantitative estimate of drug-likeness (QED) is 0.653. The van der Waals surface area contributed by atoms with Crippen LogP contribution < -0.4 is 0 Å². The number of para-hydroxylation sites is 1. The fourth-order valence-corrected chi connectivity index (χ4v) is 1.98. The van der Waals surface area contributed by atoms with Crippen molar-refractivity contribution in [2.45, 2.75) is 6.92 Å². The molecule has 4 heteroatoms. The molecule has 0 atom stereocenters. The lowest BCUT2D eigenvalue weighted by atomic mass is 10.2. The average Bonchev–Trinajstić information content (AvgIpc) is 2.85.